The topological polar surface area (TPSA) is 115 Å². The summed E-state index contributed by atoms with van der Waals surface area (Å²) in [5, 5.41) is 12.1. The van der Waals surface area contributed by atoms with Crippen molar-refractivity contribution >= 4 is 29.4 Å². The maximum absolute atomic E-state index is 13.9. The number of amides is 2. The van der Waals surface area contributed by atoms with Crippen LogP contribution in [0.25, 0.3) is 11.6 Å². The Morgan fingerprint density at radius 1 is 0.979 bits per heavy atom. The quantitative estimate of drug-likeness (QED) is 0.149. The molecule has 4 aromatic rings. The normalized spacial score (nSPS) is 12.5. The zero-order valence-electron chi connectivity index (χ0n) is 29.7. The van der Waals surface area contributed by atoms with E-state index in [2.05, 4.69) is 29.3 Å². The van der Waals surface area contributed by atoms with Gasteiger partial charge >= 0.3 is 6.09 Å². The summed E-state index contributed by atoms with van der Waals surface area (Å²) >= 11 is 0. The number of nitrogens with zero attached hydrogens (tertiary/aromatic N) is 7. The maximum atomic E-state index is 13.9. The molecule has 3 heterocycles. The number of ketones is 1. The Bertz CT molecular complexity index is 1760. The molecule has 4 rings (SSSR count). The first kappa shape index (κ1) is 36.0. The number of rotatable bonds is 13. The highest BCUT2D eigenvalue weighted by Gasteiger charge is 2.27. The largest absolute Gasteiger partial charge is 0.444 e. The minimum atomic E-state index is -0.575. The molecular weight excluding hydrogens is 606 g/mol. The van der Waals surface area contributed by atoms with Gasteiger partial charge in [-0.25, -0.2) is 4.79 Å². The van der Waals surface area contributed by atoms with Crippen LogP contribution in [0.4, 0.5) is 4.79 Å². The fourth-order valence-electron chi connectivity index (χ4n) is 5.68. The van der Waals surface area contributed by atoms with Crippen LogP contribution in [0.3, 0.4) is 0 Å². The van der Waals surface area contributed by atoms with Crippen molar-refractivity contribution in [2.75, 3.05) is 13.1 Å². The van der Waals surface area contributed by atoms with Crippen LogP contribution in [0, 0.1) is 5.92 Å². The molecule has 0 spiro atoms. The van der Waals surface area contributed by atoms with Gasteiger partial charge in [0.1, 0.15) is 5.60 Å². The van der Waals surface area contributed by atoms with Crippen molar-refractivity contribution < 1.29 is 19.1 Å². The molecule has 0 aliphatic carbocycles. The van der Waals surface area contributed by atoms with Crippen molar-refractivity contribution in [3.8, 4) is 0 Å². The van der Waals surface area contributed by atoms with Gasteiger partial charge in [0.15, 0.2) is 5.82 Å². The summed E-state index contributed by atoms with van der Waals surface area (Å²) in [6, 6.07) is 12.9. The number of aryl methyl sites for hydroxylation is 2. The second-order valence-electron chi connectivity index (χ2n) is 13.4. The molecule has 48 heavy (non-hydrogen) atoms. The molecule has 1 atom stereocenters. The minimum absolute atomic E-state index is 0.0925. The van der Waals surface area contributed by atoms with Crippen LogP contribution < -0.4 is 0 Å². The van der Waals surface area contributed by atoms with Gasteiger partial charge in [0, 0.05) is 35.9 Å². The van der Waals surface area contributed by atoms with E-state index in [-0.39, 0.29) is 30.4 Å². The molecule has 0 bridgehead atoms. The second kappa shape index (κ2) is 15.4. The Morgan fingerprint density at radius 2 is 1.69 bits per heavy atom. The summed E-state index contributed by atoms with van der Waals surface area (Å²) in [5.74, 6) is 0.609. The van der Waals surface area contributed by atoms with Crippen molar-refractivity contribution in [3.05, 3.63) is 88.5 Å². The van der Waals surface area contributed by atoms with Gasteiger partial charge in [0.2, 0.25) is 5.78 Å². The van der Waals surface area contributed by atoms with Crippen LogP contribution in [0.15, 0.2) is 54.7 Å². The molecule has 0 saturated carbocycles. The molecule has 0 radical (unpaired) electrons. The van der Waals surface area contributed by atoms with Gasteiger partial charge in [0.25, 0.3) is 5.91 Å². The Labute approximate surface area is 283 Å². The van der Waals surface area contributed by atoms with E-state index in [1.807, 2.05) is 94.5 Å². The van der Waals surface area contributed by atoms with Crippen LogP contribution in [0.1, 0.15) is 105 Å². The summed E-state index contributed by atoms with van der Waals surface area (Å²) < 4.78 is 7.54. The summed E-state index contributed by atoms with van der Waals surface area (Å²) in [6.07, 6.45) is 6.96. The number of aromatic nitrogens is 5. The van der Waals surface area contributed by atoms with Crippen molar-refractivity contribution in [2.24, 2.45) is 13.0 Å². The van der Waals surface area contributed by atoms with Crippen molar-refractivity contribution in [2.45, 2.75) is 86.4 Å². The van der Waals surface area contributed by atoms with Crippen LogP contribution >= 0.6 is 0 Å². The summed E-state index contributed by atoms with van der Waals surface area (Å²) in [5.41, 5.74) is 3.70. The van der Waals surface area contributed by atoms with E-state index in [9.17, 15) is 14.4 Å². The molecule has 0 aliphatic heterocycles. The average molecular weight is 656 g/mol. The van der Waals surface area contributed by atoms with Gasteiger partial charge < -0.3 is 18.9 Å². The number of carbonyl (C=O) groups is 3. The van der Waals surface area contributed by atoms with E-state index in [0.717, 1.165) is 23.1 Å². The van der Waals surface area contributed by atoms with Gasteiger partial charge in [-0.15, -0.1) is 10.2 Å². The molecule has 1 aromatic carbocycles. The lowest BCUT2D eigenvalue weighted by molar-refractivity contribution is 0.0197. The maximum Gasteiger partial charge on any atom is 0.410 e. The zero-order valence-corrected chi connectivity index (χ0v) is 29.7. The Hall–Kier alpha value is -4.80. The van der Waals surface area contributed by atoms with Gasteiger partial charge in [-0.1, -0.05) is 57.2 Å². The van der Waals surface area contributed by atoms with E-state index in [4.69, 9.17) is 4.74 Å². The lowest BCUT2D eigenvalue weighted by Gasteiger charge is -2.32. The molecule has 0 saturated heterocycles. The first-order valence-corrected chi connectivity index (χ1v) is 16.7. The molecule has 11 heteroatoms. The number of likely N-dealkylation sites (N-methyl/N-ethyl adjacent to an activating group) is 1. The van der Waals surface area contributed by atoms with Gasteiger partial charge in [-0.05, 0) is 87.9 Å². The smallest absolute Gasteiger partial charge is 0.410 e. The van der Waals surface area contributed by atoms with Crippen molar-refractivity contribution in [3.63, 3.8) is 0 Å². The molecule has 0 fully saturated rings. The van der Waals surface area contributed by atoms with Crippen LogP contribution in [0.5, 0.6) is 0 Å². The summed E-state index contributed by atoms with van der Waals surface area (Å²) in [7, 11) is 1.69. The van der Waals surface area contributed by atoms with E-state index >= 15 is 0 Å². The number of carbonyl (C=O) groups excluding carboxylic acids is 3. The SMILES string of the molecule is CCc1cc2cc(C(=O)N(CC)Cc3nnn(C)n3)ccn2c1C(=O)c1ccc(/C=C/C(CC(C)C)N(CC)C(=O)OC(C)(C)C)cc1. The van der Waals surface area contributed by atoms with Crippen molar-refractivity contribution in [1.82, 2.24) is 34.4 Å². The fourth-order valence-corrected chi connectivity index (χ4v) is 5.68. The van der Waals surface area contributed by atoms with E-state index in [1.165, 1.54) is 4.80 Å². The third-order valence-corrected chi connectivity index (χ3v) is 8.01. The first-order chi connectivity index (χ1) is 22.7. The minimum Gasteiger partial charge on any atom is -0.444 e. The second-order valence-corrected chi connectivity index (χ2v) is 13.4. The van der Waals surface area contributed by atoms with Gasteiger partial charge in [-0.3, -0.25) is 9.59 Å². The highest BCUT2D eigenvalue weighted by Crippen LogP contribution is 2.24. The van der Waals surface area contributed by atoms with E-state index in [0.29, 0.717) is 48.1 Å². The van der Waals surface area contributed by atoms with E-state index < -0.39 is 5.60 Å². The number of pyridine rings is 1. The summed E-state index contributed by atoms with van der Waals surface area (Å²) in [4.78, 5) is 45.1. The highest BCUT2D eigenvalue weighted by atomic mass is 16.6. The molecule has 0 aliphatic rings. The molecule has 2 amide bonds. The van der Waals surface area contributed by atoms with Crippen molar-refractivity contribution in [1.29, 1.82) is 0 Å². The van der Waals surface area contributed by atoms with E-state index in [1.54, 1.807) is 29.1 Å². The number of ether oxygens (including phenoxy) is 1. The predicted octanol–water partition coefficient (Wildman–Crippen LogP) is 6.60. The molecule has 0 N–H and O–H groups in total. The van der Waals surface area contributed by atoms with Crippen LogP contribution in [0.2, 0.25) is 0 Å². The number of hydrogen-bond acceptors (Lipinski definition) is 7. The summed E-state index contributed by atoms with van der Waals surface area (Å²) in [6.45, 7) is 17.0. The van der Waals surface area contributed by atoms with Gasteiger partial charge in [-0.2, -0.15) is 4.80 Å². The third kappa shape index (κ3) is 8.76. The molecule has 3 aromatic heterocycles. The number of tetrazole rings is 1. The Morgan fingerprint density at radius 3 is 2.25 bits per heavy atom. The monoisotopic (exact) mass is 655 g/mol. The number of fused-ring (bicyclic) bond motifs is 1. The lowest BCUT2D eigenvalue weighted by Crippen LogP contribution is -2.43. The van der Waals surface area contributed by atoms with Crippen LogP contribution in [-0.4, -0.2) is 76.9 Å². The standard InChI is InChI=1S/C37H49N7O4/c1-10-27-22-31-23-29(35(46)42(11-2)24-32-38-40-41(9)39-32)19-20-44(31)33(27)34(45)28-16-13-26(14-17-28)15-18-30(21-25(4)5)43(12-3)36(47)48-37(6,7)8/h13-20,22-23,25,30H,10-12,21,24H2,1-9H3/b18-15+. The fraction of sp³-hybridized carbons (Fsp3) is 0.459. The average Bonchev–Trinajstić information content (AvgIpc) is 3.63. The number of benzene rings is 1. The first-order valence-electron chi connectivity index (χ1n) is 16.7. The van der Waals surface area contributed by atoms with Crippen LogP contribution in [-0.2, 0) is 24.8 Å². The Balaban J connectivity index is 1.55. The highest BCUT2D eigenvalue weighted by molar-refractivity contribution is 6.10. The third-order valence-electron chi connectivity index (χ3n) is 8.01. The van der Waals surface area contributed by atoms with Gasteiger partial charge in [0.05, 0.1) is 25.3 Å². The zero-order chi connectivity index (χ0) is 35.2. The molecule has 256 valence electrons. The predicted molar refractivity (Wildman–Crippen MR) is 187 cm³/mol. The molecule has 11 nitrogen and oxygen atoms in total. The molecular formula is C37H49N7O4. The lowest BCUT2D eigenvalue weighted by atomic mass is 10.00. The molecule has 1 unspecified atom stereocenters. The number of hydrogen-bond donors (Lipinski definition) is 0. The Kier molecular flexibility index (Phi) is 11.6.